The molecule has 2 rings (SSSR count). The van der Waals surface area contributed by atoms with Crippen molar-refractivity contribution in [2.24, 2.45) is 0 Å². The Morgan fingerprint density at radius 2 is 1.84 bits per heavy atom. The lowest BCUT2D eigenvalue weighted by Gasteiger charge is -2.13. The number of rotatable bonds is 4. The average molecular weight is 279 g/mol. The van der Waals surface area contributed by atoms with Gasteiger partial charge in [0, 0.05) is 11.6 Å². The molecule has 0 aliphatic carbocycles. The minimum atomic E-state index is -0.489. The van der Waals surface area contributed by atoms with E-state index in [0.29, 0.717) is 11.3 Å². The van der Waals surface area contributed by atoms with Gasteiger partial charge in [-0.15, -0.1) is 11.6 Å². The monoisotopic (exact) mass is 278 g/mol. The highest BCUT2D eigenvalue weighted by Gasteiger charge is 2.15. The molecular weight excluding hydrogens is 263 g/mol. The van der Waals surface area contributed by atoms with Gasteiger partial charge in [-0.1, -0.05) is 37.3 Å². The van der Waals surface area contributed by atoms with Crippen LogP contribution in [0.25, 0.3) is 0 Å². The van der Waals surface area contributed by atoms with E-state index in [9.17, 15) is 4.39 Å². The first-order chi connectivity index (χ1) is 9.15. The number of methoxy groups -OCH3 is 1. The first-order valence-electron chi connectivity index (χ1n) is 6.22. The summed E-state index contributed by atoms with van der Waals surface area (Å²) in [6.45, 7) is 2.09. The molecule has 1 atom stereocenters. The molecule has 0 N–H and O–H groups in total. The van der Waals surface area contributed by atoms with Crippen molar-refractivity contribution in [3.8, 4) is 5.75 Å². The minimum absolute atomic E-state index is 0.348. The number of halogens is 2. The molecule has 1 unspecified atom stereocenters. The van der Waals surface area contributed by atoms with Crippen LogP contribution in [0.3, 0.4) is 0 Å². The molecule has 2 aromatic rings. The third-order valence-corrected chi connectivity index (χ3v) is 3.65. The summed E-state index contributed by atoms with van der Waals surface area (Å²) in [6.07, 6.45) is 0.976. The first kappa shape index (κ1) is 13.9. The maximum Gasteiger partial charge on any atom is 0.131 e. The lowest BCUT2D eigenvalue weighted by atomic mass is 10.0. The van der Waals surface area contributed by atoms with Crippen molar-refractivity contribution in [1.82, 2.24) is 0 Å². The third-order valence-electron chi connectivity index (χ3n) is 3.16. The van der Waals surface area contributed by atoms with Crippen molar-refractivity contribution in [3.05, 3.63) is 65.0 Å². The Morgan fingerprint density at radius 3 is 2.37 bits per heavy atom. The molecule has 3 heteroatoms. The van der Waals surface area contributed by atoms with E-state index in [-0.39, 0.29) is 5.82 Å². The van der Waals surface area contributed by atoms with Gasteiger partial charge in [0.1, 0.15) is 11.6 Å². The van der Waals surface area contributed by atoms with E-state index in [1.165, 1.54) is 18.7 Å². The van der Waals surface area contributed by atoms with Gasteiger partial charge in [-0.2, -0.15) is 0 Å². The van der Waals surface area contributed by atoms with Crippen molar-refractivity contribution < 1.29 is 9.13 Å². The molecule has 0 spiro atoms. The zero-order valence-corrected chi connectivity index (χ0v) is 11.7. The molecule has 19 heavy (non-hydrogen) atoms. The number of ether oxygens (including phenoxy) is 1. The van der Waals surface area contributed by atoms with Crippen LogP contribution in [0.4, 0.5) is 4.39 Å². The molecule has 2 aromatic carbocycles. The second-order valence-electron chi connectivity index (χ2n) is 4.35. The van der Waals surface area contributed by atoms with E-state index >= 15 is 0 Å². The van der Waals surface area contributed by atoms with Crippen LogP contribution in [-0.2, 0) is 6.42 Å². The molecular formula is C16H16ClFO. The zero-order chi connectivity index (χ0) is 13.8. The smallest absolute Gasteiger partial charge is 0.131 e. The van der Waals surface area contributed by atoms with Crippen LogP contribution in [0.5, 0.6) is 5.75 Å². The van der Waals surface area contributed by atoms with Crippen LogP contribution in [-0.4, -0.2) is 7.11 Å². The Morgan fingerprint density at radius 1 is 1.16 bits per heavy atom. The summed E-state index contributed by atoms with van der Waals surface area (Å²) < 4.78 is 18.9. The van der Waals surface area contributed by atoms with Gasteiger partial charge < -0.3 is 4.74 Å². The van der Waals surface area contributed by atoms with Crippen LogP contribution in [0.1, 0.15) is 29.0 Å². The van der Waals surface area contributed by atoms with Gasteiger partial charge in [-0.3, -0.25) is 0 Å². The fraction of sp³-hybridized carbons (Fsp3) is 0.250. The van der Waals surface area contributed by atoms with Crippen LogP contribution < -0.4 is 4.74 Å². The van der Waals surface area contributed by atoms with Crippen LogP contribution in [0.15, 0.2) is 42.5 Å². The van der Waals surface area contributed by atoms with E-state index in [0.717, 1.165) is 12.0 Å². The number of aryl methyl sites for hydroxylation is 1. The summed E-state index contributed by atoms with van der Waals surface area (Å²) in [5.74, 6) is 0.144. The molecule has 0 radical (unpaired) electrons. The van der Waals surface area contributed by atoms with Gasteiger partial charge in [-0.05, 0) is 23.6 Å². The van der Waals surface area contributed by atoms with Crippen molar-refractivity contribution >= 4 is 11.6 Å². The topological polar surface area (TPSA) is 9.23 Å². The second-order valence-corrected chi connectivity index (χ2v) is 4.78. The van der Waals surface area contributed by atoms with Crippen molar-refractivity contribution in [1.29, 1.82) is 0 Å². The van der Waals surface area contributed by atoms with Crippen molar-refractivity contribution in [3.63, 3.8) is 0 Å². The van der Waals surface area contributed by atoms with Crippen LogP contribution in [0.2, 0.25) is 0 Å². The Bertz CT molecular complexity index is 551. The standard InChI is InChI=1S/C16H16ClFO/c1-3-11-4-6-12(7-5-11)16(17)14-9-8-13(19-2)10-15(14)18/h4-10,16H,3H2,1-2H3. The first-order valence-corrected chi connectivity index (χ1v) is 6.65. The molecule has 0 aliphatic rings. The molecule has 0 amide bonds. The van der Waals surface area contributed by atoms with Gasteiger partial charge in [0.2, 0.25) is 0 Å². The Labute approximate surface area is 118 Å². The van der Waals surface area contributed by atoms with Gasteiger partial charge in [0.05, 0.1) is 12.5 Å². The highest BCUT2D eigenvalue weighted by Crippen LogP contribution is 2.32. The van der Waals surface area contributed by atoms with Crippen LogP contribution >= 0.6 is 11.6 Å². The summed E-state index contributed by atoms with van der Waals surface area (Å²) in [5.41, 5.74) is 2.59. The number of hydrogen-bond acceptors (Lipinski definition) is 1. The van der Waals surface area contributed by atoms with E-state index in [1.54, 1.807) is 12.1 Å². The Balaban J connectivity index is 2.29. The molecule has 0 heterocycles. The average Bonchev–Trinajstić information content (AvgIpc) is 2.46. The largest absolute Gasteiger partial charge is 0.497 e. The Hall–Kier alpha value is -1.54. The summed E-state index contributed by atoms with van der Waals surface area (Å²) in [4.78, 5) is 0. The normalized spacial score (nSPS) is 12.2. The lowest BCUT2D eigenvalue weighted by Crippen LogP contribution is -1.98. The number of hydrogen-bond donors (Lipinski definition) is 0. The van der Waals surface area contributed by atoms with E-state index in [4.69, 9.17) is 16.3 Å². The van der Waals surface area contributed by atoms with E-state index in [2.05, 4.69) is 6.92 Å². The summed E-state index contributed by atoms with van der Waals surface area (Å²) in [6, 6.07) is 12.7. The fourth-order valence-corrected chi connectivity index (χ4v) is 2.26. The molecule has 100 valence electrons. The minimum Gasteiger partial charge on any atom is -0.497 e. The molecule has 0 aromatic heterocycles. The molecule has 0 fully saturated rings. The molecule has 0 saturated heterocycles. The Kier molecular flexibility index (Phi) is 4.43. The highest BCUT2D eigenvalue weighted by atomic mass is 35.5. The molecule has 0 saturated carbocycles. The van der Waals surface area contributed by atoms with Gasteiger partial charge >= 0.3 is 0 Å². The maximum atomic E-state index is 14.0. The predicted molar refractivity (Wildman–Crippen MR) is 76.5 cm³/mol. The molecule has 1 nitrogen and oxygen atoms in total. The SMILES string of the molecule is CCc1ccc(C(Cl)c2ccc(OC)cc2F)cc1. The van der Waals surface area contributed by atoms with E-state index < -0.39 is 5.38 Å². The maximum absolute atomic E-state index is 14.0. The van der Waals surface area contributed by atoms with Crippen molar-refractivity contribution in [2.45, 2.75) is 18.7 Å². The lowest BCUT2D eigenvalue weighted by molar-refractivity contribution is 0.410. The number of benzene rings is 2. The summed E-state index contributed by atoms with van der Waals surface area (Å²) in [5, 5.41) is -0.489. The third kappa shape index (κ3) is 3.07. The highest BCUT2D eigenvalue weighted by molar-refractivity contribution is 6.22. The van der Waals surface area contributed by atoms with Crippen molar-refractivity contribution in [2.75, 3.05) is 7.11 Å². The predicted octanol–water partition coefficient (Wildman–Crippen LogP) is 4.72. The zero-order valence-electron chi connectivity index (χ0n) is 11.0. The number of alkyl halides is 1. The van der Waals surface area contributed by atoms with Gasteiger partial charge in [-0.25, -0.2) is 4.39 Å². The molecule has 0 aliphatic heterocycles. The van der Waals surface area contributed by atoms with E-state index in [1.807, 2.05) is 24.3 Å². The second kappa shape index (κ2) is 6.07. The quantitative estimate of drug-likeness (QED) is 0.735. The summed E-state index contributed by atoms with van der Waals surface area (Å²) in [7, 11) is 1.51. The summed E-state index contributed by atoms with van der Waals surface area (Å²) >= 11 is 6.35. The van der Waals surface area contributed by atoms with Gasteiger partial charge in [0.15, 0.2) is 0 Å². The van der Waals surface area contributed by atoms with Crippen LogP contribution in [0, 0.1) is 5.82 Å². The molecule has 0 bridgehead atoms. The van der Waals surface area contributed by atoms with Gasteiger partial charge in [0.25, 0.3) is 0 Å². The fourth-order valence-electron chi connectivity index (χ4n) is 1.94.